The topological polar surface area (TPSA) is 99.7 Å². The van der Waals surface area contributed by atoms with E-state index < -0.39 is 9.84 Å². The monoisotopic (exact) mass is 558 g/mol. The van der Waals surface area contributed by atoms with Gasteiger partial charge in [0.2, 0.25) is 5.91 Å². The van der Waals surface area contributed by atoms with Crippen molar-refractivity contribution in [1.29, 1.82) is 0 Å². The molecule has 0 spiro atoms. The minimum atomic E-state index is -3.01. The van der Waals surface area contributed by atoms with Crippen LogP contribution in [0.4, 0.5) is 4.39 Å². The van der Waals surface area contributed by atoms with Crippen LogP contribution < -0.4 is 16.0 Å². The SMILES string of the molecule is CN=C(NCCC(=O)NC1CCS(=O)(=O)C1)NCc1ccc(F)cc1CSC.I. The maximum Gasteiger partial charge on any atom is 0.222 e. The summed E-state index contributed by atoms with van der Waals surface area (Å²) in [5.41, 5.74) is 1.92. The van der Waals surface area contributed by atoms with Crippen molar-refractivity contribution in [1.82, 2.24) is 16.0 Å². The number of amides is 1. The van der Waals surface area contributed by atoms with Crippen LogP contribution in [0.1, 0.15) is 24.0 Å². The van der Waals surface area contributed by atoms with Crippen LogP contribution in [0.3, 0.4) is 0 Å². The molecule has 0 bridgehead atoms. The summed E-state index contributed by atoms with van der Waals surface area (Å²) < 4.78 is 36.3. The fraction of sp³-hybridized carbons (Fsp3) is 0.556. The summed E-state index contributed by atoms with van der Waals surface area (Å²) in [6, 6.07) is 4.44. The molecule has 1 aliphatic heterocycles. The number of carbonyl (C=O) groups excluding carboxylic acids is 1. The lowest BCUT2D eigenvalue weighted by Gasteiger charge is -2.15. The number of hydrogen-bond donors (Lipinski definition) is 3. The quantitative estimate of drug-likeness (QED) is 0.255. The Morgan fingerprint density at radius 3 is 2.69 bits per heavy atom. The number of nitrogens with one attached hydrogen (secondary N) is 3. The summed E-state index contributed by atoms with van der Waals surface area (Å²) in [5, 5.41) is 8.97. The van der Waals surface area contributed by atoms with Crippen LogP contribution >= 0.6 is 35.7 Å². The van der Waals surface area contributed by atoms with Gasteiger partial charge in [-0.2, -0.15) is 11.8 Å². The Morgan fingerprint density at radius 1 is 1.31 bits per heavy atom. The second kappa shape index (κ2) is 12.6. The second-order valence-corrected chi connectivity index (χ2v) is 9.71. The van der Waals surface area contributed by atoms with E-state index in [1.54, 1.807) is 24.9 Å². The van der Waals surface area contributed by atoms with Crippen molar-refractivity contribution in [3.63, 3.8) is 0 Å². The number of rotatable bonds is 8. The molecular weight excluding hydrogens is 530 g/mol. The van der Waals surface area contributed by atoms with Gasteiger partial charge < -0.3 is 16.0 Å². The van der Waals surface area contributed by atoms with Crippen LogP contribution in [0.25, 0.3) is 0 Å². The molecule has 1 heterocycles. The largest absolute Gasteiger partial charge is 0.356 e. The zero-order valence-electron chi connectivity index (χ0n) is 16.5. The summed E-state index contributed by atoms with van der Waals surface area (Å²) in [7, 11) is -1.38. The molecule has 164 valence electrons. The fourth-order valence-corrected chi connectivity index (χ4v) is 5.21. The van der Waals surface area contributed by atoms with Gasteiger partial charge in [-0.25, -0.2) is 12.8 Å². The Bertz CT molecular complexity index is 821. The molecule has 1 unspecified atom stereocenters. The number of hydrogen-bond acceptors (Lipinski definition) is 5. The van der Waals surface area contributed by atoms with Crippen LogP contribution in [0.5, 0.6) is 0 Å². The van der Waals surface area contributed by atoms with Crippen LogP contribution in [-0.4, -0.2) is 57.7 Å². The number of nitrogens with zero attached hydrogens (tertiary/aromatic N) is 1. The number of sulfone groups is 1. The summed E-state index contributed by atoms with van der Waals surface area (Å²) in [5.74, 6) is 0.968. The van der Waals surface area contributed by atoms with E-state index in [9.17, 15) is 17.6 Å². The number of carbonyl (C=O) groups is 1. The first-order chi connectivity index (χ1) is 13.3. The molecular formula is C18H28FIN4O3S2. The van der Waals surface area contributed by atoms with Crippen molar-refractivity contribution in [2.24, 2.45) is 4.99 Å². The number of thioether (sulfide) groups is 1. The molecule has 1 atom stereocenters. The van der Waals surface area contributed by atoms with Gasteiger partial charge in [0.25, 0.3) is 0 Å². The number of benzene rings is 1. The highest BCUT2D eigenvalue weighted by Crippen LogP contribution is 2.16. The van der Waals surface area contributed by atoms with Gasteiger partial charge >= 0.3 is 0 Å². The lowest BCUT2D eigenvalue weighted by Crippen LogP contribution is -2.41. The standard InChI is InChI=1S/C18H27FN4O3S2.HI/c1-20-18(22-10-13-3-4-15(19)9-14(13)11-27-2)21-7-5-17(24)23-16-6-8-28(25,26)12-16;/h3-4,9,16H,5-8,10-12H2,1-2H3,(H,23,24)(H2,20,21,22);1H. The minimum absolute atomic E-state index is 0. The molecule has 1 aromatic carbocycles. The van der Waals surface area contributed by atoms with Crippen LogP contribution in [-0.2, 0) is 26.9 Å². The van der Waals surface area contributed by atoms with E-state index in [1.807, 2.05) is 6.26 Å². The van der Waals surface area contributed by atoms with Crippen molar-refractivity contribution >= 4 is 57.4 Å². The van der Waals surface area contributed by atoms with Crippen LogP contribution in [0, 0.1) is 5.82 Å². The first-order valence-electron chi connectivity index (χ1n) is 9.03. The molecule has 1 saturated heterocycles. The Balaban J connectivity index is 0.00000420. The number of aliphatic imine (C=N–C) groups is 1. The van der Waals surface area contributed by atoms with E-state index in [0.717, 1.165) is 16.9 Å². The van der Waals surface area contributed by atoms with Crippen LogP contribution in [0.15, 0.2) is 23.2 Å². The van der Waals surface area contributed by atoms with Crippen molar-refractivity contribution in [3.8, 4) is 0 Å². The van der Waals surface area contributed by atoms with Crippen molar-refractivity contribution in [2.75, 3.05) is 31.4 Å². The third-order valence-corrected chi connectivity index (χ3v) is 6.75. The van der Waals surface area contributed by atoms with Crippen molar-refractivity contribution < 1.29 is 17.6 Å². The Kier molecular flexibility index (Phi) is 11.3. The van der Waals surface area contributed by atoms with Crippen molar-refractivity contribution in [2.45, 2.75) is 31.2 Å². The van der Waals surface area contributed by atoms with Crippen molar-refractivity contribution in [3.05, 3.63) is 35.1 Å². The molecule has 1 aliphatic rings. The lowest BCUT2D eigenvalue weighted by molar-refractivity contribution is -0.121. The molecule has 7 nitrogen and oxygen atoms in total. The zero-order chi connectivity index (χ0) is 20.6. The lowest BCUT2D eigenvalue weighted by atomic mass is 10.1. The minimum Gasteiger partial charge on any atom is -0.356 e. The predicted octanol–water partition coefficient (Wildman–Crippen LogP) is 1.67. The molecule has 0 aromatic heterocycles. The molecule has 2 rings (SSSR count). The first kappa shape index (κ1) is 26.0. The van der Waals surface area contributed by atoms with E-state index in [-0.39, 0.29) is 59.7 Å². The van der Waals surface area contributed by atoms with E-state index in [2.05, 4.69) is 20.9 Å². The molecule has 11 heteroatoms. The molecule has 1 aromatic rings. The Hall–Kier alpha value is -1.08. The zero-order valence-corrected chi connectivity index (χ0v) is 20.5. The summed E-state index contributed by atoms with van der Waals surface area (Å²) >= 11 is 1.62. The first-order valence-corrected chi connectivity index (χ1v) is 12.2. The number of halogens is 2. The molecule has 1 amide bonds. The fourth-order valence-electron chi connectivity index (χ4n) is 2.96. The molecule has 0 aliphatic carbocycles. The van der Waals surface area contributed by atoms with Gasteiger partial charge in [-0.1, -0.05) is 6.07 Å². The van der Waals surface area contributed by atoms with Gasteiger partial charge in [-0.15, -0.1) is 24.0 Å². The van der Waals surface area contributed by atoms with Gasteiger partial charge in [0.05, 0.1) is 11.5 Å². The van der Waals surface area contributed by atoms with Gasteiger partial charge in [0, 0.05) is 38.4 Å². The highest BCUT2D eigenvalue weighted by Gasteiger charge is 2.28. The smallest absolute Gasteiger partial charge is 0.222 e. The van der Waals surface area contributed by atoms with E-state index in [1.165, 1.54) is 12.1 Å². The van der Waals surface area contributed by atoms with Gasteiger partial charge in [0.1, 0.15) is 5.82 Å². The van der Waals surface area contributed by atoms with E-state index >= 15 is 0 Å². The summed E-state index contributed by atoms with van der Waals surface area (Å²) in [6.45, 7) is 0.855. The summed E-state index contributed by atoms with van der Waals surface area (Å²) in [6.07, 6.45) is 2.65. The molecule has 0 saturated carbocycles. The Labute approximate surface area is 193 Å². The summed E-state index contributed by atoms with van der Waals surface area (Å²) in [4.78, 5) is 16.1. The second-order valence-electron chi connectivity index (χ2n) is 6.62. The average molecular weight is 558 g/mol. The van der Waals surface area contributed by atoms with E-state index in [0.29, 0.717) is 25.5 Å². The van der Waals surface area contributed by atoms with E-state index in [4.69, 9.17) is 0 Å². The highest BCUT2D eigenvalue weighted by atomic mass is 127. The molecule has 29 heavy (non-hydrogen) atoms. The average Bonchev–Trinajstić information content (AvgIpc) is 2.97. The maximum atomic E-state index is 13.4. The number of guanidine groups is 1. The molecule has 0 radical (unpaired) electrons. The normalized spacial score (nSPS) is 18.0. The van der Waals surface area contributed by atoms with Gasteiger partial charge in [-0.3, -0.25) is 9.79 Å². The van der Waals surface area contributed by atoms with Gasteiger partial charge in [0.15, 0.2) is 15.8 Å². The third kappa shape index (κ3) is 9.08. The predicted molar refractivity (Wildman–Crippen MR) is 127 cm³/mol. The Morgan fingerprint density at radius 2 is 2.07 bits per heavy atom. The molecule has 3 N–H and O–H groups in total. The molecule has 1 fully saturated rings. The third-order valence-electron chi connectivity index (χ3n) is 4.38. The van der Waals surface area contributed by atoms with Crippen LogP contribution in [0.2, 0.25) is 0 Å². The maximum absolute atomic E-state index is 13.4. The highest BCUT2D eigenvalue weighted by molar-refractivity contribution is 14.0. The van der Waals surface area contributed by atoms with Gasteiger partial charge in [-0.05, 0) is 35.9 Å².